The second-order valence-corrected chi connectivity index (χ2v) is 4.84. The van der Waals surface area contributed by atoms with Crippen LogP contribution in [0, 0.1) is 17.8 Å². The lowest BCUT2D eigenvalue weighted by atomic mass is 9.68. The molecule has 3 aliphatic carbocycles. The molecule has 0 spiro atoms. The first-order chi connectivity index (χ1) is 6.36. The van der Waals surface area contributed by atoms with Crippen LogP contribution in [0.25, 0.3) is 0 Å². The highest BCUT2D eigenvalue weighted by Gasteiger charge is 2.44. The van der Waals surface area contributed by atoms with Crippen molar-refractivity contribution in [2.75, 3.05) is 0 Å². The van der Waals surface area contributed by atoms with Crippen molar-refractivity contribution in [2.45, 2.75) is 38.5 Å². The summed E-state index contributed by atoms with van der Waals surface area (Å²) >= 11 is 0. The molecule has 1 heteroatoms. The lowest BCUT2D eigenvalue weighted by Gasteiger charge is -2.36. The van der Waals surface area contributed by atoms with Crippen molar-refractivity contribution < 1.29 is 4.79 Å². The van der Waals surface area contributed by atoms with Crippen LogP contribution in [0.15, 0.2) is 11.6 Å². The Hall–Kier alpha value is -0.590. The summed E-state index contributed by atoms with van der Waals surface area (Å²) in [5.41, 5.74) is 1.22. The molecule has 0 bridgehead atoms. The van der Waals surface area contributed by atoms with E-state index >= 15 is 0 Å². The first kappa shape index (κ1) is 7.78. The normalized spacial score (nSPS) is 42.9. The summed E-state index contributed by atoms with van der Waals surface area (Å²) in [5.74, 6) is 2.76. The first-order valence-electron chi connectivity index (χ1n) is 5.59. The molecule has 2 fully saturated rings. The number of ketones is 1. The van der Waals surface area contributed by atoms with E-state index in [4.69, 9.17) is 0 Å². The highest BCUT2D eigenvalue weighted by atomic mass is 16.1. The van der Waals surface area contributed by atoms with Gasteiger partial charge in [0.15, 0.2) is 5.78 Å². The second kappa shape index (κ2) is 2.70. The van der Waals surface area contributed by atoms with Crippen molar-refractivity contribution in [1.82, 2.24) is 0 Å². The smallest absolute Gasteiger partial charge is 0.159 e. The maximum Gasteiger partial charge on any atom is 0.159 e. The van der Waals surface area contributed by atoms with Crippen LogP contribution >= 0.6 is 0 Å². The number of rotatable bonds is 0. The van der Waals surface area contributed by atoms with E-state index in [0.29, 0.717) is 11.7 Å². The van der Waals surface area contributed by atoms with Crippen LogP contribution in [0.3, 0.4) is 0 Å². The van der Waals surface area contributed by atoms with E-state index in [1.54, 1.807) is 0 Å². The van der Waals surface area contributed by atoms with E-state index in [-0.39, 0.29) is 0 Å². The molecule has 0 unspecified atom stereocenters. The molecule has 0 radical (unpaired) electrons. The Bertz CT molecular complexity index is 277. The Morgan fingerprint density at radius 1 is 1.15 bits per heavy atom. The fourth-order valence-corrected chi connectivity index (χ4v) is 3.69. The molecular weight excluding hydrogens is 160 g/mol. The third-order valence-corrected chi connectivity index (χ3v) is 4.20. The molecule has 0 aromatic heterocycles. The van der Waals surface area contributed by atoms with Crippen molar-refractivity contribution in [3.8, 4) is 0 Å². The average molecular weight is 176 g/mol. The number of allylic oxidation sites excluding steroid dienone is 2. The third kappa shape index (κ3) is 1.02. The van der Waals surface area contributed by atoms with Crippen LogP contribution in [-0.2, 0) is 4.79 Å². The van der Waals surface area contributed by atoms with Crippen molar-refractivity contribution in [3.05, 3.63) is 11.6 Å². The van der Waals surface area contributed by atoms with Gasteiger partial charge < -0.3 is 0 Å². The van der Waals surface area contributed by atoms with Gasteiger partial charge in [-0.3, -0.25) is 4.79 Å². The minimum atomic E-state index is 0.474. The van der Waals surface area contributed by atoms with Crippen LogP contribution in [0.5, 0.6) is 0 Å². The number of carbonyl (C=O) groups excluding carboxylic acids is 1. The Morgan fingerprint density at radius 3 is 2.92 bits per heavy atom. The third-order valence-electron chi connectivity index (χ3n) is 4.20. The van der Waals surface area contributed by atoms with Gasteiger partial charge in [-0.25, -0.2) is 0 Å². The van der Waals surface area contributed by atoms with E-state index in [1.165, 1.54) is 31.3 Å². The van der Waals surface area contributed by atoms with Gasteiger partial charge in [-0.05, 0) is 49.0 Å². The molecule has 70 valence electrons. The monoisotopic (exact) mass is 176 g/mol. The zero-order valence-corrected chi connectivity index (χ0v) is 7.96. The van der Waals surface area contributed by atoms with Gasteiger partial charge in [0.2, 0.25) is 0 Å². The van der Waals surface area contributed by atoms with Gasteiger partial charge in [-0.2, -0.15) is 0 Å². The number of carbonyl (C=O) groups is 1. The Balaban J connectivity index is 2.00. The molecule has 3 rings (SSSR count). The van der Waals surface area contributed by atoms with Gasteiger partial charge in [0.1, 0.15) is 0 Å². The summed E-state index contributed by atoms with van der Waals surface area (Å²) in [6, 6.07) is 0. The van der Waals surface area contributed by atoms with Gasteiger partial charge in [0.25, 0.3) is 0 Å². The maximum atomic E-state index is 11.7. The zero-order chi connectivity index (χ0) is 8.84. The maximum absolute atomic E-state index is 11.7. The van der Waals surface area contributed by atoms with Crippen LogP contribution in [-0.4, -0.2) is 5.78 Å². The Kier molecular flexibility index (Phi) is 1.61. The molecule has 3 aliphatic rings. The fourth-order valence-electron chi connectivity index (χ4n) is 3.69. The average Bonchev–Trinajstić information content (AvgIpc) is 2.47. The largest absolute Gasteiger partial charge is 0.295 e. The highest BCUT2D eigenvalue weighted by Crippen LogP contribution is 2.50. The van der Waals surface area contributed by atoms with Gasteiger partial charge in [0.05, 0.1) is 0 Å². The lowest BCUT2D eigenvalue weighted by molar-refractivity contribution is -0.114. The summed E-state index contributed by atoms with van der Waals surface area (Å²) in [6.07, 6.45) is 9.66. The Labute approximate surface area is 79.2 Å². The van der Waals surface area contributed by atoms with Gasteiger partial charge in [-0.15, -0.1) is 0 Å². The van der Waals surface area contributed by atoms with Crippen LogP contribution in [0.2, 0.25) is 0 Å². The van der Waals surface area contributed by atoms with E-state index < -0.39 is 0 Å². The van der Waals surface area contributed by atoms with Gasteiger partial charge in [0, 0.05) is 6.42 Å². The minimum absolute atomic E-state index is 0.474. The van der Waals surface area contributed by atoms with Crippen LogP contribution < -0.4 is 0 Å². The molecule has 0 aromatic carbocycles. The standard InChI is InChI=1S/C12H16O/c13-11-7-9-5-1-3-8-4-2-6-10(11)12(8)9/h6,8-9,12H,1-5,7H2/t8-,9+,12+/m0/s1. The molecule has 0 aromatic rings. The molecule has 3 atom stereocenters. The number of hydrogen-bond acceptors (Lipinski definition) is 1. The topological polar surface area (TPSA) is 17.1 Å². The molecule has 2 saturated carbocycles. The van der Waals surface area contributed by atoms with Crippen LogP contribution in [0.1, 0.15) is 38.5 Å². The molecule has 13 heavy (non-hydrogen) atoms. The molecule has 0 amide bonds. The predicted octanol–water partition coefficient (Wildman–Crippen LogP) is 2.71. The molecule has 0 aliphatic heterocycles. The summed E-state index contributed by atoms with van der Waals surface area (Å²) in [4.78, 5) is 11.7. The molecular formula is C12H16O. The summed E-state index contributed by atoms with van der Waals surface area (Å²) in [7, 11) is 0. The van der Waals surface area contributed by atoms with Crippen molar-refractivity contribution >= 4 is 5.78 Å². The summed E-state index contributed by atoms with van der Waals surface area (Å²) < 4.78 is 0. The number of hydrogen-bond donors (Lipinski definition) is 0. The molecule has 0 N–H and O–H groups in total. The molecule has 1 nitrogen and oxygen atoms in total. The van der Waals surface area contributed by atoms with Gasteiger partial charge in [-0.1, -0.05) is 12.5 Å². The van der Waals surface area contributed by atoms with E-state index in [1.807, 2.05) is 0 Å². The van der Waals surface area contributed by atoms with E-state index in [0.717, 1.165) is 24.7 Å². The quantitative estimate of drug-likeness (QED) is 0.554. The van der Waals surface area contributed by atoms with E-state index in [9.17, 15) is 4.79 Å². The lowest BCUT2D eigenvalue weighted by Crippen LogP contribution is -2.27. The van der Waals surface area contributed by atoms with Crippen molar-refractivity contribution in [3.63, 3.8) is 0 Å². The minimum Gasteiger partial charge on any atom is -0.295 e. The second-order valence-electron chi connectivity index (χ2n) is 4.84. The fraction of sp³-hybridized carbons (Fsp3) is 0.750. The zero-order valence-electron chi connectivity index (χ0n) is 7.96. The summed E-state index contributed by atoms with van der Waals surface area (Å²) in [6.45, 7) is 0. The van der Waals surface area contributed by atoms with E-state index in [2.05, 4.69) is 6.08 Å². The van der Waals surface area contributed by atoms with Gasteiger partial charge >= 0.3 is 0 Å². The summed E-state index contributed by atoms with van der Waals surface area (Å²) in [5, 5.41) is 0. The predicted molar refractivity (Wildman–Crippen MR) is 51.3 cm³/mol. The van der Waals surface area contributed by atoms with Crippen molar-refractivity contribution in [2.24, 2.45) is 17.8 Å². The SMILES string of the molecule is O=C1C[C@H]2CCC[C@H]3CCC=C1[C@H]32. The van der Waals surface area contributed by atoms with Crippen molar-refractivity contribution in [1.29, 1.82) is 0 Å². The van der Waals surface area contributed by atoms with Crippen LogP contribution in [0.4, 0.5) is 0 Å². The highest BCUT2D eigenvalue weighted by molar-refractivity contribution is 5.98. The molecule has 0 heterocycles. The molecule has 0 saturated heterocycles. The Morgan fingerprint density at radius 2 is 2.00 bits per heavy atom. The number of Topliss-reactive ketones (excluding diaryl/α,β-unsaturated/α-hetero) is 1. The first-order valence-corrected chi connectivity index (χ1v) is 5.59.